The van der Waals surface area contributed by atoms with E-state index in [1.165, 1.54) is 0 Å². The predicted molar refractivity (Wildman–Crippen MR) is 237 cm³/mol. The van der Waals surface area contributed by atoms with Gasteiger partial charge in [0.2, 0.25) is 0 Å². The summed E-state index contributed by atoms with van der Waals surface area (Å²) in [7, 11) is 1.73. The molecular formula is C49H58N4O6. The van der Waals surface area contributed by atoms with Crippen LogP contribution in [0.25, 0.3) is 11.1 Å². The van der Waals surface area contributed by atoms with Gasteiger partial charge in [-0.25, -0.2) is 0 Å². The van der Waals surface area contributed by atoms with Crippen molar-refractivity contribution in [2.45, 2.75) is 60.6 Å². The molecule has 0 aliphatic heterocycles. The molecule has 59 heavy (non-hydrogen) atoms. The average Bonchev–Trinajstić information content (AvgIpc) is 3.24. The first kappa shape index (κ1) is 44.3. The van der Waals surface area contributed by atoms with Crippen LogP contribution >= 0.6 is 0 Å². The number of benzene rings is 4. The minimum Gasteiger partial charge on any atom is -0.488 e. The number of aryl methyl sites for hydroxylation is 2. The molecule has 0 bridgehead atoms. The maximum absolute atomic E-state index is 9.33. The van der Waals surface area contributed by atoms with Crippen molar-refractivity contribution in [1.29, 1.82) is 0 Å². The number of allylic oxidation sites excluding steroid dienone is 2. The van der Waals surface area contributed by atoms with Crippen LogP contribution in [-0.2, 0) is 32.9 Å². The predicted octanol–water partition coefficient (Wildman–Crippen LogP) is 8.07. The first-order valence-electron chi connectivity index (χ1n) is 20.0. The zero-order chi connectivity index (χ0) is 42.0. The Bertz CT molecular complexity index is 2200. The third kappa shape index (κ3) is 12.6. The molecule has 0 saturated heterocycles. The lowest BCUT2D eigenvalue weighted by Crippen LogP contribution is -2.18. The highest BCUT2D eigenvalue weighted by Crippen LogP contribution is 2.35. The standard InChI is InChI=1S/C49H58N4O6/c1-7-11-38(26-50-6)30-56-48-24-46(34(2)22-42(48)28-52-18-20-54)58-32-40-13-8-15-44(36(40)4)45-16-9-14-41(37(45)5)33-59-47-25-49(57-31-39-12-10-17-51-27-39)43(23-35(47)3)29-53-19-21-55/h7-17,22-27,52-55H,1,18-21,28-33H2,2-6H3/b38-11+,50-26?. The largest absolute Gasteiger partial charge is 0.488 e. The lowest BCUT2D eigenvalue weighted by atomic mass is 9.92. The molecule has 4 N–H and O–H groups in total. The summed E-state index contributed by atoms with van der Waals surface area (Å²) in [6, 6.07) is 24.6. The number of hydrogen-bond acceptors (Lipinski definition) is 10. The highest BCUT2D eigenvalue weighted by molar-refractivity contribution is 5.79. The number of pyridine rings is 1. The van der Waals surface area contributed by atoms with Crippen LogP contribution in [0, 0.1) is 27.7 Å². The Hall–Kier alpha value is -5.78. The van der Waals surface area contributed by atoms with Gasteiger partial charge in [0.25, 0.3) is 0 Å². The number of aliphatic hydroxyl groups is 2. The SMILES string of the molecule is C=C/C=C(\C=NC)COc1cc(OCc2cccc(-c3cccc(COc4cc(OCc5cccnc5)c(CNCCO)cc4C)c3C)c2C)c(C)cc1CNCCO. The lowest BCUT2D eigenvalue weighted by molar-refractivity contribution is 0.281. The van der Waals surface area contributed by atoms with Gasteiger partial charge in [-0.1, -0.05) is 61.2 Å². The molecule has 1 aromatic heterocycles. The van der Waals surface area contributed by atoms with Gasteiger partial charge in [0.1, 0.15) is 49.4 Å². The molecule has 0 radical (unpaired) electrons. The number of ether oxygens (including phenoxy) is 4. The number of nitrogens with zero attached hydrogens (tertiary/aromatic N) is 2. The van der Waals surface area contributed by atoms with E-state index in [1.807, 2.05) is 44.2 Å². The third-order valence-corrected chi connectivity index (χ3v) is 10.0. The molecule has 10 heteroatoms. The van der Waals surface area contributed by atoms with Crippen LogP contribution in [0.4, 0.5) is 0 Å². The molecule has 0 fully saturated rings. The van der Waals surface area contributed by atoms with Crippen molar-refractivity contribution in [3.8, 4) is 34.1 Å². The van der Waals surface area contributed by atoms with E-state index >= 15 is 0 Å². The second-order valence-electron chi connectivity index (χ2n) is 14.3. The van der Waals surface area contributed by atoms with Crippen molar-refractivity contribution in [3.63, 3.8) is 0 Å². The van der Waals surface area contributed by atoms with Crippen LogP contribution in [0.5, 0.6) is 23.0 Å². The molecule has 4 aromatic carbocycles. The fraction of sp³-hybridized carbons (Fsp3) is 0.306. The van der Waals surface area contributed by atoms with Crippen molar-refractivity contribution in [2.24, 2.45) is 4.99 Å². The van der Waals surface area contributed by atoms with Gasteiger partial charge in [-0.2, -0.15) is 0 Å². The van der Waals surface area contributed by atoms with E-state index in [0.29, 0.717) is 58.4 Å². The Balaban J connectivity index is 1.33. The average molecular weight is 799 g/mol. The summed E-state index contributed by atoms with van der Waals surface area (Å²) in [5.74, 6) is 2.91. The maximum Gasteiger partial charge on any atom is 0.128 e. The van der Waals surface area contributed by atoms with Gasteiger partial charge in [0, 0.05) is 86.2 Å². The van der Waals surface area contributed by atoms with Gasteiger partial charge in [-0.05, 0) is 90.4 Å². The Kier molecular flexibility index (Phi) is 17.3. The number of aromatic nitrogens is 1. The van der Waals surface area contributed by atoms with E-state index in [2.05, 4.69) is 89.6 Å². The van der Waals surface area contributed by atoms with Gasteiger partial charge in [-0.3, -0.25) is 9.98 Å². The molecule has 0 aliphatic carbocycles. The van der Waals surface area contributed by atoms with Gasteiger partial charge < -0.3 is 39.8 Å². The number of hydrogen-bond donors (Lipinski definition) is 4. The van der Waals surface area contributed by atoms with E-state index in [9.17, 15) is 10.2 Å². The van der Waals surface area contributed by atoms with Gasteiger partial charge in [0.15, 0.2) is 0 Å². The molecule has 5 rings (SSSR count). The number of nitrogens with one attached hydrogen (secondary N) is 2. The summed E-state index contributed by atoms with van der Waals surface area (Å²) >= 11 is 0. The lowest BCUT2D eigenvalue weighted by Gasteiger charge is -2.19. The van der Waals surface area contributed by atoms with Crippen LogP contribution < -0.4 is 29.6 Å². The Labute approximate surface area is 349 Å². The topological polar surface area (TPSA) is 127 Å². The summed E-state index contributed by atoms with van der Waals surface area (Å²) in [5.41, 5.74) is 12.5. The first-order chi connectivity index (χ1) is 28.8. The quantitative estimate of drug-likeness (QED) is 0.0295. The summed E-state index contributed by atoms with van der Waals surface area (Å²) < 4.78 is 25.6. The second kappa shape index (κ2) is 23.0. The van der Waals surface area contributed by atoms with Crippen molar-refractivity contribution in [3.05, 3.63) is 160 Å². The normalized spacial score (nSPS) is 11.5. The minimum absolute atomic E-state index is 0.0523. The van der Waals surface area contributed by atoms with Gasteiger partial charge >= 0.3 is 0 Å². The van der Waals surface area contributed by atoms with E-state index in [-0.39, 0.29) is 13.2 Å². The van der Waals surface area contributed by atoms with E-state index in [1.54, 1.807) is 31.7 Å². The molecule has 0 aliphatic rings. The van der Waals surface area contributed by atoms with Crippen molar-refractivity contribution in [1.82, 2.24) is 15.6 Å². The molecule has 0 saturated carbocycles. The fourth-order valence-corrected chi connectivity index (χ4v) is 6.74. The summed E-state index contributed by atoms with van der Waals surface area (Å²) in [6.07, 6.45) is 8.90. The molecule has 0 unspecified atom stereocenters. The molecule has 0 atom stereocenters. The molecular weight excluding hydrogens is 741 g/mol. The van der Waals surface area contributed by atoms with Crippen LogP contribution in [0.1, 0.15) is 50.1 Å². The fourth-order valence-electron chi connectivity index (χ4n) is 6.74. The Morgan fingerprint density at radius 3 is 1.71 bits per heavy atom. The van der Waals surface area contributed by atoms with Crippen LogP contribution in [0.2, 0.25) is 0 Å². The van der Waals surface area contributed by atoms with Crippen LogP contribution in [0.3, 0.4) is 0 Å². The summed E-state index contributed by atoms with van der Waals surface area (Å²) in [5, 5.41) is 25.2. The van der Waals surface area contributed by atoms with Gasteiger partial charge in [-0.15, -0.1) is 0 Å². The van der Waals surface area contributed by atoms with Crippen LogP contribution in [-0.4, -0.2) is 61.4 Å². The maximum atomic E-state index is 9.33. The molecule has 310 valence electrons. The molecule has 1 heterocycles. The van der Waals surface area contributed by atoms with E-state index in [0.717, 1.165) is 84.0 Å². The van der Waals surface area contributed by atoms with Crippen molar-refractivity contribution >= 4 is 6.21 Å². The van der Waals surface area contributed by atoms with Gasteiger partial charge in [0.05, 0.1) is 13.2 Å². The number of aliphatic hydroxyl groups excluding tert-OH is 2. The number of aliphatic imine (C=N–C) groups is 1. The first-order valence-corrected chi connectivity index (χ1v) is 20.0. The molecule has 0 amide bonds. The molecule has 0 spiro atoms. The van der Waals surface area contributed by atoms with Crippen molar-refractivity contribution in [2.75, 3.05) is 40.0 Å². The third-order valence-electron chi connectivity index (χ3n) is 10.0. The van der Waals surface area contributed by atoms with E-state index in [4.69, 9.17) is 18.9 Å². The highest BCUT2D eigenvalue weighted by atomic mass is 16.5. The van der Waals surface area contributed by atoms with Crippen molar-refractivity contribution < 1.29 is 29.2 Å². The summed E-state index contributed by atoms with van der Waals surface area (Å²) in [6.45, 7) is 15.8. The monoisotopic (exact) mass is 798 g/mol. The Morgan fingerprint density at radius 1 is 0.678 bits per heavy atom. The highest BCUT2D eigenvalue weighted by Gasteiger charge is 2.16. The minimum atomic E-state index is 0.0523. The Morgan fingerprint density at radius 2 is 1.22 bits per heavy atom. The smallest absolute Gasteiger partial charge is 0.128 e. The van der Waals surface area contributed by atoms with E-state index < -0.39 is 0 Å². The zero-order valence-electron chi connectivity index (χ0n) is 35.0. The molecule has 10 nitrogen and oxygen atoms in total. The summed E-state index contributed by atoms with van der Waals surface area (Å²) in [4.78, 5) is 8.35. The zero-order valence-corrected chi connectivity index (χ0v) is 35.0. The molecule has 5 aromatic rings. The number of rotatable bonds is 23. The second-order valence-corrected chi connectivity index (χ2v) is 14.3. The van der Waals surface area contributed by atoms with Crippen LogP contribution in [0.15, 0.2) is 114 Å².